The van der Waals surface area contributed by atoms with E-state index in [4.69, 9.17) is 5.26 Å². The molecule has 0 aliphatic heterocycles. The van der Waals surface area contributed by atoms with Gasteiger partial charge in [0, 0.05) is 5.56 Å². The molecule has 0 aliphatic carbocycles. The molecule has 18 heavy (non-hydrogen) atoms. The molecule has 0 spiro atoms. The molecule has 5 heteroatoms. The molecule has 0 saturated carbocycles. The van der Waals surface area contributed by atoms with Gasteiger partial charge in [0.05, 0.1) is 0 Å². The average molecular weight is 252 g/mol. The molecule has 2 aromatic heterocycles. The summed E-state index contributed by atoms with van der Waals surface area (Å²) in [6, 6.07) is 12.1. The van der Waals surface area contributed by atoms with E-state index in [0.717, 1.165) is 11.1 Å². The van der Waals surface area contributed by atoms with Crippen molar-refractivity contribution in [1.29, 1.82) is 5.26 Å². The maximum atomic E-state index is 8.91. The van der Waals surface area contributed by atoms with Crippen LogP contribution in [0.3, 0.4) is 0 Å². The van der Waals surface area contributed by atoms with Crippen LogP contribution in [0.2, 0.25) is 0 Å². The predicted molar refractivity (Wildman–Crippen MR) is 69.8 cm³/mol. The number of aromatic nitrogens is 3. The second kappa shape index (κ2) is 4.43. The normalized spacial score (nSPS) is 10.2. The van der Waals surface area contributed by atoms with Crippen molar-refractivity contribution < 1.29 is 0 Å². The largest absolute Gasteiger partial charge is 0.247 e. The molecule has 2 heterocycles. The number of hydrogen-bond donors (Lipinski definition) is 1. The van der Waals surface area contributed by atoms with Gasteiger partial charge in [0.2, 0.25) is 0 Å². The van der Waals surface area contributed by atoms with Crippen LogP contribution in [0.15, 0.2) is 41.1 Å². The molecule has 4 nitrogen and oxygen atoms in total. The number of thiophene rings is 1. The standard InChI is InChI=1S/C13H8N4S/c14-7-12-13(16-17-15-12)10-3-1-9(2-4-10)11-5-6-18-8-11/h1-6,8H,(H,15,16,17). The predicted octanol–water partition coefficient (Wildman–Crippen LogP) is 3.07. The molecule has 0 amide bonds. The van der Waals surface area contributed by atoms with Crippen LogP contribution < -0.4 is 0 Å². The van der Waals surface area contributed by atoms with Crippen LogP contribution in [0.4, 0.5) is 0 Å². The van der Waals surface area contributed by atoms with Gasteiger partial charge in [0.15, 0.2) is 5.69 Å². The van der Waals surface area contributed by atoms with E-state index < -0.39 is 0 Å². The van der Waals surface area contributed by atoms with E-state index in [1.807, 2.05) is 30.3 Å². The molecule has 86 valence electrons. The van der Waals surface area contributed by atoms with Gasteiger partial charge in [-0.25, -0.2) is 5.10 Å². The summed E-state index contributed by atoms with van der Waals surface area (Å²) in [5.41, 5.74) is 4.22. The molecular formula is C13H8N4S. The number of benzene rings is 1. The van der Waals surface area contributed by atoms with Crippen molar-refractivity contribution in [1.82, 2.24) is 15.4 Å². The fourth-order valence-electron chi connectivity index (χ4n) is 1.76. The fourth-order valence-corrected chi connectivity index (χ4v) is 2.42. The fraction of sp³-hybridized carbons (Fsp3) is 0. The molecule has 0 unspecified atom stereocenters. The van der Waals surface area contributed by atoms with Crippen LogP contribution in [-0.2, 0) is 0 Å². The summed E-state index contributed by atoms with van der Waals surface area (Å²) in [5, 5.41) is 23.2. The van der Waals surface area contributed by atoms with Gasteiger partial charge in [0.1, 0.15) is 11.8 Å². The van der Waals surface area contributed by atoms with Crippen molar-refractivity contribution in [3.05, 3.63) is 46.8 Å². The lowest BCUT2D eigenvalue weighted by atomic mass is 10.0. The first-order valence-electron chi connectivity index (χ1n) is 5.32. The van der Waals surface area contributed by atoms with E-state index in [2.05, 4.69) is 32.2 Å². The lowest BCUT2D eigenvalue weighted by Gasteiger charge is -2.00. The van der Waals surface area contributed by atoms with Gasteiger partial charge in [-0.05, 0) is 28.0 Å². The minimum Gasteiger partial charge on any atom is -0.247 e. The van der Waals surface area contributed by atoms with Gasteiger partial charge >= 0.3 is 0 Å². The molecule has 1 N–H and O–H groups in total. The lowest BCUT2D eigenvalue weighted by Crippen LogP contribution is -1.83. The summed E-state index contributed by atoms with van der Waals surface area (Å²) >= 11 is 1.67. The number of aromatic amines is 1. The number of hydrogen-bond acceptors (Lipinski definition) is 4. The summed E-state index contributed by atoms with van der Waals surface area (Å²) in [4.78, 5) is 0. The van der Waals surface area contributed by atoms with E-state index in [1.54, 1.807) is 11.3 Å². The number of nitrogens with one attached hydrogen (secondary N) is 1. The molecule has 1 aromatic carbocycles. The number of rotatable bonds is 2. The van der Waals surface area contributed by atoms with Crippen LogP contribution in [-0.4, -0.2) is 15.4 Å². The quantitative estimate of drug-likeness (QED) is 0.762. The SMILES string of the molecule is N#Cc1[nH]nnc1-c1ccc(-c2ccsc2)cc1. The molecular weight excluding hydrogens is 244 g/mol. The van der Waals surface area contributed by atoms with Gasteiger partial charge < -0.3 is 0 Å². The van der Waals surface area contributed by atoms with Gasteiger partial charge in [0.25, 0.3) is 0 Å². The molecule has 0 bridgehead atoms. The lowest BCUT2D eigenvalue weighted by molar-refractivity contribution is 0.937. The number of H-pyrrole nitrogens is 1. The first kappa shape index (κ1) is 10.7. The van der Waals surface area contributed by atoms with Gasteiger partial charge in [-0.1, -0.05) is 29.5 Å². The van der Waals surface area contributed by atoms with Gasteiger partial charge in [-0.3, -0.25) is 0 Å². The van der Waals surface area contributed by atoms with E-state index in [-0.39, 0.29) is 0 Å². The van der Waals surface area contributed by atoms with Crippen LogP contribution in [0.1, 0.15) is 5.69 Å². The van der Waals surface area contributed by atoms with Crippen molar-refractivity contribution in [2.75, 3.05) is 0 Å². The summed E-state index contributed by atoms with van der Waals surface area (Å²) in [5.74, 6) is 0. The van der Waals surface area contributed by atoms with Crippen LogP contribution in [0, 0.1) is 11.3 Å². The highest BCUT2D eigenvalue weighted by molar-refractivity contribution is 7.08. The Morgan fingerprint density at radius 2 is 1.83 bits per heavy atom. The maximum Gasteiger partial charge on any atom is 0.163 e. The topological polar surface area (TPSA) is 65.4 Å². The molecule has 0 radical (unpaired) electrons. The minimum absolute atomic E-state index is 0.387. The molecule has 0 saturated heterocycles. The Hall–Kier alpha value is -2.45. The van der Waals surface area contributed by atoms with Crippen LogP contribution in [0.5, 0.6) is 0 Å². The van der Waals surface area contributed by atoms with E-state index in [9.17, 15) is 0 Å². The maximum absolute atomic E-state index is 8.91. The Balaban J connectivity index is 2.00. The summed E-state index contributed by atoms with van der Waals surface area (Å²) in [7, 11) is 0. The second-order valence-corrected chi connectivity index (χ2v) is 4.52. The highest BCUT2D eigenvalue weighted by Crippen LogP contribution is 2.26. The Labute approximate surface area is 108 Å². The van der Waals surface area contributed by atoms with Crippen molar-refractivity contribution in [3.63, 3.8) is 0 Å². The Kier molecular flexibility index (Phi) is 2.63. The van der Waals surface area contributed by atoms with Crippen molar-refractivity contribution in [3.8, 4) is 28.5 Å². The molecule has 3 aromatic rings. The van der Waals surface area contributed by atoms with Crippen LogP contribution >= 0.6 is 11.3 Å². The summed E-state index contributed by atoms with van der Waals surface area (Å²) in [6.45, 7) is 0. The third-order valence-electron chi connectivity index (χ3n) is 2.67. The summed E-state index contributed by atoms with van der Waals surface area (Å²) < 4.78 is 0. The third-order valence-corrected chi connectivity index (χ3v) is 3.36. The zero-order valence-electron chi connectivity index (χ0n) is 9.29. The summed E-state index contributed by atoms with van der Waals surface area (Å²) in [6.07, 6.45) is 0. The highest BCUT2D eigenvalue weighted by Gasteiger charge is 2.09. The third kappa shape index (κ3) is 1.79. The Bertz CT molecular complexity index is 689. The average Bonchev–Trinajstić information content (AvgIpc) is 3.10. The van der Waals surface area contributed by atoms with E-state index >= 15 is 0 Å². The zero-order chi connectivity index (χ0) is 12.4. The van der Waals surface area contributed by atoms with Crippen molar-refractivity contribution in [2.45, 2.75) is 0 Å². The van der Waals surface area contributed by atoms with Crippen molar-refractivity contribution >= 4 is 11.3 Å². The second-order valence-electron chi connectivity index (χ2n) is 3.74. The van der Waals surface area contributed by atoms with E-state index in [1.165, 1.54) is 5.56 Å². The highest BCUT2D eigenvalue weighted by atomic mass is 32.1. The van der Waals surface area contributed by atoms with Gasteiger partial charge in [-0.2, -0.15) is 16.6 Å². The molecule has 0 fully saturated rings. The van der Waals surface area contributed by atoms with Gasteiger partial charge in [-0.15, -0.1) is 5.10 Å². The minimum atomic E-state index is 0.387. The van der Waals surface area contributed by atoms with Crippen molar-refractivity contribution in [2.24, 2.45) is 0 Å². The number of nitriles is 1. The number of nitrogens with zero attached hydrogens (tertiary/aromatic N) is 3. The molecule has 0 aliphatic rings. The first-order chi connectivity index (χ1) is 8.88. The monoisotopic (exact) mass is 252 g/mol. The molecule has 3 rings (SSSR count). The first-order valence-corrected chi connectivity index (χ1v) is 6.27. The Morgan fingerprint density at radius 1 is 1.06 bits per heavy atom. The smallest absolute Gasteiger partial charge is 0.163 e. The van der Waals surface area contributed by atoms with E-state index in [0.29, 0.717) is 11.4 Å². The Morgan fingerprint density at radius 3 is 2.50 bits per heavy atom. The molecule has 0 atom stereocenters. The van der Waals surface area contributed by atoms with Crippen LogP contribution in [0.25, 0.3) is 22.4 Å². The zero-order valence-corrected chi connectivity index (χ0v) is 10.1.